The number of carbonyl (C=O) groups excluding carboxylic acids is 1. The van der Waals surface area contributed by atoms with Crippen molar-refractivity contribution in [1.29, 1.82) is 0 Å². The Balaban J connectivity index is 1.32. The average molecular weight is 504 g/mol. The van der Waals surface area contributed by atoms with Gasteiger partial charge in [-0.05, 0) is 54.6 Å². The summed E-state index contributed by atoms with van der Waals surface area (Å²) in [5, 5.41) is 0. The fraction of sp³-hybridized carbons (Fsp3) is 0. The van der Waals surface area contributed by atoms with Crippen LogP contribution in [-0.4, -0.2) is 24.2 Å². The summed E-state index contributed by atoms with van der Waals surface area (Å²) < 4.78 is 31.9. The number of hydrogen-bond acceptors (Lipinski definition) is 7. The van der Waals surface area contributed by atoms with Gasteiger partial charge in [-0.3, -0.25) is 9.69 Å². The Kier molecular flexibility index (Phi) is 4.55. The summed E-state index contributed by atoms with van der Waals surface area (Å²) in [6.07, 6.45) is 1.55. The molecule has 0 spiro atoms. The molecule has 0 atom stereocenters. The number of sulfone groups is 1. The van der Waals surface area contributed by atoms with Gasteiger partial charge in [-0.25, -0.2) is 18.4 Å². The molecular formula is C29H17N3O4S. The number of anilines is 3. The highest BCUT2D eigenvalue weighted by Crippen LogP contribution is 2.49. The number of ketones is 1. The quantitative estimate of drug-likeness (QED) is 0.269. The predicted molar refractivity (Wildman–Crippen MR) is 138 cm³/mol. The van der Waals surface area contributed by atoms with Gasteiger partial charge >= 0.3 is 0 Å². The lowest BCUT2D eigenvalue weighted by atomic mass is 10.0. The highest BCUT2D eigenvalue weighted by molar-refractivity contribution is 7.92. The number of para-hydroxylation sites is 4. The second kappa shape index (κ2) is 7.84. The highest BCUT2D eigenvalue weighted by Gasteiger charge is 2.33. The number of carbonyl (C=O) groups is 1. The van der Waals surface area contributed by atoms with Gasteiger partial charge in [0, 0.05) is 22.9 Å². The van der Waals surface area contributed by atoms with Crippen LogP contribution in [0.15, 0.2) is 113 Å². The molecule has 0 bridgehead atoms. The fourth-order valence-electron chi connectivity index (χ4n) is 4.82. The lowest BCUT2D eigenvalue weighted by Gasteiger charge is -2.31. The normalized spacial score (nSPS) is 14.1. The first kappa shape index (κ1) is 21.5. The molecule has 0 fully saturated rings. The maximum absolute atomic E-state index is 13.5. The summed E-state index contributed by atoms with van der Waals surface area (Å²) in [6.45, 7) is 0. The van der Waals surface area contributed by atoms with Gasteiger partial charge in [0.15, 0.2) is 11.5 Å². The number of fused-ring (bicyclic) bond motifs is 5. The van der Waals surface area contributed by atoms with E-state index in [9.17, 15) is 13.2 Å². The van der Waals surface area contributed by atoms with Gasteiger partial charge in [-0.1, -0.05) is 42.5 Å². The minimum absolute atomic E-state index is 0.00745. The Morgan fingerprint density at radius 2 is 1.38 bits per heavy atom. The molecule has 5 aromatic rings. The molecule has 0 amide bonds. The summed E-state index contributed by atoms with van der Waals surface area (Å²) in [7, 11) is -3.61. The van der Waals surface area contributed by atoms with E-state index in [4.69, 9.17) is 4.74 Å². The van der Waals surface area contributed by atoms with Gasteiger partial charge in [0.1, 0.15) is 5.82 Å². The van der Waals surface area contributed by atoms with Gasteiger partial charge in [0.2, 0.25) is 21.4 Å². The lowest BCUT2D eigenvalue weighted by Crippen LogP contribution is -2.18. The molecule has 0 unspecified atom stereocenters. The molecule has 1 aromatic heterocycles. The summed E-state index contributed by atoms with van der Waals surface area (Å²) in [5.74, 6) is 1.46. The van der Waals surface area contributed by atoms with Crippen LogP contribution in [0.4, 0.5) is 17.2 Å². The van der Waals surface area contributed by atoms with E-state index in [1.807, 2.05) is 53.4 Å². The molecule has 0 saturated heterocycles. The van der Waals surface area contributed by atoms with Crippen LogP contribution in [-0.2, 0) is 9.84 Å². The fourth-order valence-corrected chi connectivity index (χ4v) is 6.49. The summed E-state index contributed by atoms with van der Waals surface area (Å²) in [6, 6.07) is 28.3. The minimum Gasteiger partial charge on any atom is -0.453 e. The van der Waals surface area contributed by atoms with Crippen molar-refractivity contribution >= 4 is 32.8 Å². The van der Waals surface area contributed by atoms with Crippen LogP contribution in [0.25, 0.3) is 11.1 Å². The summed E-state index contributed by atoms with van der Waals surface area (Å²) in [4.78, 5) is 24.8. The average Bonchev–Trinajstić information content (AvgIpc) is 3.17. The Morgan fingerprint density at radius 1 is 0.730 bits per heavy atom. The van der Waals surface area contributed by atoms with E-state index in [0.717, 1.165) is 11.4 Å². The molecule has 4 aromatic carbocycles. The number of hydrogen-bond donors (Lipinski definition) is 0. The zero-order valence-electron chi connectivity index (χ0n) is 19.2. The van der Waals surface area contributed by atoms with Crippen molar-refractivity contribution in [3.63, 3.8) is 0 Å². The molecule has 2 aliphatic rings. The zero-order chi connectivity index (χ0) is 25.1. The van der Waals surface area contributed by atoms with Crippen LogP contribution in [0.2, 0.25) is 0 Å². The van der Waals surface area contributed by atoms with E-state index in [-0.39, 0.29) is 15.6 Å². The third-order valence-corrected chi connectivity index (χ3v) is 8.37. The molecular weight excluding hydrogens is 486 g/mol. The SMILES string of the molecule is O=C(c1ccc2c(c1)-c1ccccc1S2(=O)=O)c1nccc(N2c3ccccc3Oc3ccccc32)n1. The van der Waals surface area contributed by atoms with E-state index in [1.54, 1.807) is 42.6 Å². The first-order chi connectivity index (χ1) is 18.0. The molecule has 3 heterocycles. The first-order valence-corrected chi connectivity index (χ1v) is 13.0. The number of ether oxygens (including phenoxy) is 1. The van der Waals surface area contributed by atoms with E-state index in [2.05, 4.69) is 9.97 Å². The van der Waals surface area contributed by atoms with Crippen molar-refractivity contribution < 1.29 is 17.9 Å². The van der Waals surface area contributed by atoms with Crippen molar-refractivity contribution in [2.75, 3.05) is 4.90 Å². The summed E-state index contributed by atoms with van der Waals surface area (Å²) >= 11 is 0. The zero-order valence-corrected chi connectivity index (χ0v) is 20.0. The van der Waals surface area contributed by atoms with Crippen molar-refractivity contribution in [2.24, 2.45) is 0 Å². The Morgan fingerprint density at radius 3 is 2.14 bits per heavy atom. The van der Waals surface area contributed by atoms with Crippen LogP contribution >= 0.6 is 0 Å². The van der Waals surface area contributed by atoms with Crippen LogP contribution in [0, 0.1) is 0 Å². The Hall–Kier alpha value is -4.82. The maximum atomic E-state index is 13.5. The summed E-state index contributed by atoms with van der Waals surface area (Å²) in [5.41, 5.74) is 2.98. The topological polar surface area (TPSA) is 89.5 Å². The van der Waals surface area contributed by atoms with Crippen LogP contribution in [0.1, 0.15) is 16.2 Å². The molecule has 0 radical (unpaired) electrons. The van der Waals surface area contributed by atoms with Gasteiger partial charge in [-0.2, -0.15) is 0 Å². The smallest absolute Gasteiger partial charge is 0.230 e. The van der Waals surface area contributed by atoms with Crippen LogP contribution < -0.4 is 9.64 Å². The largest absolute Gasteiger partial charge is 0.453 e. The number of rotatable bonds is 3. The van der Waals surface area contributed by atoms with Gasteiger partial charge in [0.05, 0.1) is 21.2 Å². The lowest BCUT2D eigenvalue weighted by molar-refractivity contribution is 0.102. The van der Waals surface area contributed by atoms with Gasteiger partial charge in [-0.15, -0.1) is 0 Å². The third kappa shape index (κ3) is 3.19. The number of nitrogens with zero attached hydrogens (tertiary/aromatic N) is 3. The van der Waals surface area contributed by atoms with Gasteiger partial charge in [0.25, 0.3) is 0 Å². The first-order valence-electron chi connectivity index (χ1n) is 11.5. The molecule has 0 aliphatic carbocycles. The monoisotopic (exact) mass is 503 g/mol. The van der Waals surface area contributed by atoms with Crippen molar-refractivity contribution in [3.8, 4) is 22.6 Å². The van der Waals surface area contributed by atoms with E-state index in [0.29, 0.717) is 34.0 Å². The molecule has 178 valence electrons. The van der Waals surface area contributed by atoms with E-state index in [1.165, 1.54) is 12.1 Å². The minimum atomic E-state index is -3.61. The number of aromatic nitrogens is 2. The Bertz CT molecular complexity index is 1820. The highest BCUT2D eigenvalue weighted by atomic mass is 32.2. The third-order valence-electron chi connectivity index (χ3n) is 6.50. The van der Waals surface area contributed by atoms with Crippen molar-refractivity contribution in [3.05, 3.63) is 115 Å². The molecule has 0 N–H and O–H groups in total. The van der Waals surface area contributed by atoms with Crippen LogP contribution in [0.5, 0.6) is 11.5 Å². The van der Waals surface area contributed by atoms with Crippen LogP contribution in [0.3, 0.4) is 0 Å². The second-order valence-corrected chi connectivity index (χ2v) is 10.5. The van der Waals surface area contributed by atoms with Crippen molar-refractivity contribution in [2.45, 2.75) is 9.79 Å². The maximum Gasteiger partial charge on any atom is 0.230 e. The second-order valence-electron chi connectivity index (χ2n) is 8.65. The van der Waals surface area contributed by atoms with E-state index < -0.39 is 15.6 Å². The molecule has 0 saturated carbocycles. The molecule has 2 aliphatic heterocycles. The van der Waals surface area contributed by atoms with Gasteiger partial charge < -0.3 is 4.74 Å². The molecule has 8 heteroatoms. The molecule has 37 heavy (non-hydrogen) atoms. The van der Waals surface area contributed by atoms with E-state index >= 15 is 0 Å². The standard InChI is InChI=1S/C29H17N3O4S/c33-28(18-13-14-26-20(17-18)19-7-1-6-12-25(19)37(26,34)35)29-30-16-15-27(31-29)32-21-8-2-4-10-23(21)36-24-11-5-3-9-22(24)32/h1-17H. The Labute approximate surface area is 212 Å². The number of benzene rings is 4. The molecule has 7 rings (SSSR count). The molecule has 7 nitrogen and oxygen atoms in total. The van der Waals surface area contributed by atoms with Crippen molar-refractivity contribution in [1.82, 2.24) is 9.97 Å². The predicted octanol–water partition coefficient (Wildman–Crippen LogP) is 6.10.